The molecule has 1 aliphatic heterocycles. The van der Waals surface area contributed by atoms with Gasteiger partial charge in [0.25, 0.3) is 0 Å². The van der Waals surface area contributed by atoms with E-state index in [-0.39, 0.29) is 24.5 Å². The first-order valence-electron chi connectivity index (χ1n) is 10.9. The fourth-order valence-electron chi connectivity index (χ4n) is 3.88. The van der Waals surface area contributed by atoms with Gasteiger partial charge in [0.2, 0.25) is 21.8 Å². The molecule has 2 amide bonds. The van der Waals surface area contributed by atoms with Gasteiger partial charge < -0.3 is 10.2 Å². The first-order valence-corrected chi connectivity index (χ1v) is 12.4. The van der Waals surface area contributed by atoms with Crippen LogP contribution < -0.4 is 5.32 Å². The molecule has 1 N–H and O–H groups in total. The lowest BCUT2D eigenvalue weighted by Gasteiger charge is -2.34. The van der Waals surface area contributed by atoms with Crippen molar-refractivity contribution in [2.75, 3.05) is 31.5 Å². The zero-order valence-electron chi connectivity index (χ0n) is 18.6. The highest BCUT2D eigenvalue weighted by Crippen LogP contribution is 2.25. The molecule has 1 fully saturated rings. The average molecular weight is 498 g/mol. The van der Waals surface area contributed by atoms with E-state index >= 15 is 0 Å². The summed E-state index contributed by atoms with van der Waals surface area (Å²) in [6.45, 7) is 1.85. The van der Waals surface area contributed by atoms with Crippen LogP contribution in [0.3, 0.4) is 0 Å². The highest BCUT2D eigenvalue weighted by Gasteiger charge is 2.35. The molecule has 0 saturated carbocycles. The Morgan fingerprint density at radius 3 is 2.47 bits per heavy atom. The molecule has 3 rings (SSSR count). The minimum Gasteiger partial charge on any atom is -0.333 e. The smallest absolute Gasteiger partial charge is 0.244 e. The number of piperidine rings is 1. The van der Waals surface area contributed by atoms with Gasteiger partial charge in [-0.25, -0.2) is 21.6 Å². The summed E-state index contributed by atoms with van der Waals surface area (Å²) < 4.78 is 67.6. The molecule has 0 radical (unpaired) electrons. The van der Waals surface area contributed by atoms with Crippen LogP contribution in [0.15, 0.2) is 47.4 Å². The van der Waals surface area contributed by atoms with Crippen LogP contribution in [-0.2, 0) is 19.6 Å². The Morgan fingerprint density at radius 2 is 1.79 bits per heavy atom. The summed E-state index contributed by atoms with van der Waals surface area (Å²) in [5.41, 5.74) is -0.536. The second kappa shape index (κ2) is 11.0. The van der Waals surface area contributed by atoms with Crippen molar-refractivity contribution in [3.63, 3.8) is 0 Å². The van der Waals surface area contributed by atoms with Crippen LogP contribution in [0.2, 0.25) is 0 Å². The normalized spacial score (nSPS) is 16.8. The van der Waals surface area contributed by atoms with Gasteiger partial charge in [0, 0.05) is 19.6 Å². The van der Waals surface area contributed by atoms with Crippen molar-refractivity contribution in [3.8, 4) is 0 Å². The molecule has 11 heteroatoms. The number of nitrogens with one attached hydrogen (secondary N) is 1. The van der Waals surface area contributed by atoms with Crippen molar-refractivity contribution in [1.82, 2.24) is 9.21 Å². The van der Waals surface area contributed by atoms with Gasteiger partial charge in [-0.05, 0) is 43.5 Å². The zero-order valence-corrected chi connectivity index (χ0v) is 19.5. The standard InChI is InChI=1S/C23H26F3N3O4S/c1-2-12-28(15-20(30)27-19-11-10-18(24)21(25)22(19)26)23(31)16-7-6-13-29(14-16)34(32,33)17-8-4-3-5-9-17/h3-5,8-11,16H,2,6-7,12-15H2,1H3,(H,27,30). The van der Waals surface area contributed by atoms with Crippen molar-refractivity contribution >= 4 is 27.5 Å². The minimum absolute atomic E-state index is 0.0182. The second-order valence-corrected chi connectivity index (χ2v) is 9.98. The van der Waals surface area contributed by atoms with Crippen LogP contribution in [0.5, 0.6) is 0 Å². The van der Waals surface area contributed by atoms with E-state index < -0.39 is 57.4 Å². The number of rotatable bonds is 8. The average Bonchev–Trinajstić information content (AvgIpc) is 2.84. The molecular weight excluding hydrogens is 471 g/mol. The summed E-state index contributed by atoms with van der Waals surface area (Å²) in [6.07, 6.45) is 1.46. The summed E-state index contributed by atoms with van der Waals surface area (Å²) >= 11 is 0. The highest BCUT2D eigenvalue weighted by atomic mass is 32.2. The first-order chi connectivity index (χ1) is 16.1. The number of benzene rings is 2. The Balaban J connectivity index is 1.70. The number of halogens is 3. The Hall–Kier alpha value is -2.92. The highest BCUT2D eigenvalue weighted by molar-refractivity contribution is 7.89. The molecule has 1 unspecified atom stereocenters. The molecule has 2 aromatic rings. The van der Waals surface area contributed by atoms with E-state index in [0.717, 1.165) is 6.07 Å². The van der Waals surface area contributed by atoms with E-state index in [1.54, 1.807) is 25.1 Å². The van der Waals surface area contributed by atoms with Crippen molar-refractivity contribution in [2.24, 2.45) is 5.92 Å². The fraction of sp³-hybridized carbons (Fsp3) is 0.391. The number of hydrogen-bond acceptors (Lipinski definition) is 4. The number of anilines is 1. The molecule has 1 saturated heterocycles. The van der Waals surface area contributed by atoms with Gasteiger partial charge >= 0.3 is 0 Å². The van der Waals surface area contributed by atoms with Crippen LogP contribution in [-0.4, -0.2) is 55.6 Å². The van der Waals surface area contributed by atoms with Crippen molar-refractivity contribution < 1.29 is 31.2 Å². The molecule has 0 spiro atoms. The van der Waals surface area contributed by atoms with E-state index in [9.17, 15) is 31.2 Å². The summed E-state index contributed by atoms with van der Waals surface area (Å²) in [5, 5.41) is 2.16. The molecule has 1 aliphatic rings. The van der Waals surface area contributed by atoms with Crippen LogP contribution in [0.4, 0.5) is 18.9 Å². The minimum atomic E-state index is -3.77. The van der Waals surface area contributed by atoms with E-state index in [4.69, 9.17) is 0 Å². The van der Waals surface area contributed by atoms with Crippen LogP contribution in [0.25, 0.3) is 0 Å². The van der Waals surface area contributed by atoms with E-state index in [2.05, 4.69) is 5.32 Å². The van der Waals surface area contributed by atoms with Gasteiger partial charge in [-0.1, -0.05) is 25.1 Å². The largest absolute Gasteiger partial charge is 0.333 e. The van der Waals surface area contributed by atoms with Crippen molar-refractivity contribution in [2.45, 2.75) is 31.1 Å². The predicted molar refractivity (Wildman–Crippen MR) is 120 cm³/mol. The number of hydrogen-bond donors (Lipinski definition) is 1. The molecule has 0 bridgehead atoms. The first kappa shape index (κ1) is 25.7. The van der Waals surface area contributed by atoms with E-state index in [1.165, 1.54) is 21.3 Å². The Kier molecular flexibility index (Phi) is 8.32. The lowest BCUT2D eigenvalue weighted by atomic mass is 9.98. The maximum Gasteiger partial charge on any atom is 0.244 e. The Labute approximate surface area is 196 Å². The summed E-state index contributed by atoms with van der Waals surface area (Å²) in [5.74, 6) is -6.44. The quantitative estimate of drug-likeness (QED) is 0.567. The van der Waals surface area contributed by atoms with E-state index in [0.29, 0.717) is 25.3 Å². The summed E-state index contributed by atoms with van der Waals surface area (Å²) in [7, 11) is -3.77. The lowest BCUT2D eigenvalue weighted by Crippen LogP contribution is -2.48. The van der Waals surface area contributed by atoms with Gasteiger partial charge in [-0.2, -0.15) is 4.31 Å². The number of amides is 2. The van der Waals surface area contributed by atoms with Crippen LogP contribution in [0, 0.1) is 23.4 Å². The molecule has 0 aromatic heterocycles. The maximum atomic E-state index is 13.9. The maximum absolute atomic E-state index is 13.9. The van der Waals surface area contributed by atoms with Crippen LogP contribution >= 0.6 is 0 Å². The Bertz CT molecular complexity index is 1150. The van der Waals surface area contributed by atoms with Crippen molar-refractivity contribution in [3.05, 3.63) is 59.9 Å². The third-order valence-corrected chi connectivity index (χ3v) is 7.44. The number of carbonyl (C=O) groups is 2. The molecule has 1 heterocycles. The van der Waals surface area contributed by atoms with Gasteiger partial charge in [0.15, 0.2) is 17.5 Å². The second-order valence-electron chi connectivity index (χ2n) is 8.05. The fourth-order valence-corrected chi connectivity index (χ4v) is 5.43. The zero-order chi connectivity index (χ0) is 24.9. The van der Waals surface area contributed by atoms with Crippen LogP contribution in [0.1, 0.15) is 26.2 Å². The monoisotopic (exact) mass is 497 g/mol. The summed E-state index contributed by atoms with van der Waals surface area (Å²) in [6, 6.07) is 9.52. The van der Waals surface area contributed by atoms with Gasteiger partial charge in [-0.3, -0.25) is 9.59 Å². The third-order valence-electron chi connectivity index (χ3n) is 5.56. The van der Waals surface area contributed by atoms with E-state index in [1.807, 2.05) is 0 Å². The predicted octanol–water partition coefficient (Wildman–Crippen LogP) is 3.38. The number of sulfonamides is 1. The number of carbonyl (C=O) groups excluding carboxylic acids is 2. The van der Waals surface area contributed by atoms with Crippen molar-refractivity contribution in [1.29, 1.82) is 0 Å². The molecule has 184 valence electrons. The molecule has 2 aromatic carbocycles. The van der Waals surface area contributed by atoms with Gasteiger partial charge in [0.05, 0.1) is 23.0 Å². The molecular formula is C23H26F3N3O4S. The number of nitrogens with zero attached hydrogens (tertiary/aromatic N) is 2. The topological polar surface area (TPSA) is 86.8 Å². The Morgan fingerprint density at radius 1 is 1.09 bits per heavy atom. The van der Waals surface area contributed by atoms with Gasteiger partial charge in [0.1, 0.15) is 0 Å². The molecule has 0 aliphatic carbocycles. The SMILES string of the molecule is CCCN(CC(=O)Nc1ccc(F)c(F)c1F)C(=O)C1CCCN(S(=O)(=O)c2ccccc2)C1. The molecule has 7 nitrogen and oxygen atoms in total. The lowest BCUT2D eigenvalue weighted by molar-refractivity contribution is -0.139. The molecule has 34 heavy (non-hydrogen) atoms. The molecule has 1 atom stereocenters. The summed E-state index contributed by atoms with van der Waals surface area (Å²) in [4.78, 5) is 27.1. The van der Waals surface area contributed by atoms with Gasteiger partial charge in [-0.15, -0.1) is 0 Å². The third kappa shape index (κ3) is 5.76.